The minimum Gasteiger partial charge on any atom is -0.496 e. The average Bonchev–Trinajstić information content (AvgIpc) is 2.74. The van der Waals surface area contributed by atoms with Crippen LogP contribution in [0, 0.1) is 6.92 Å². The minimum atomic E-state index is -3.63. The summed E-state index contributed by atoms with van der Waals surface area (Å²) in [5.41, 5.74) is 1.83. The number of fused-ring (bicyclic) bond motifs is 1. The first-order valence-corrected chi connectivity index (χ1v) is 9.95. The molecule has 0 saturated carbocycles. The zero-order valence-corrected chi connectivity index (χ0v) is 14.9. The van der Waals surface area contributed by atoms with E-state index in [-0.39, 0.29) is 4.90 Å². The van der Waals surface area contributed by atoms with Crippen LogP contribution in [0.2, 0.25) is 0 Å². The van der Waals surface area contributed by atoms with Crippen molar-refractivity contribution in [2.75, 3.05) is 11.8 Å². The van der Waals surface area contributed by atoms with Crippen LogP contribution in [0.1, 0.15) is 35.4 Å². The van der Waals surface area contributed by atoms with Gasteiger partial charge in [0.1, 0.15) is 5.75 Å². The van der Waals surface area contributed by atoms with Crippen LogP contribution >= 0.6 is 11.3 Å². The van der Waals surface area contributed by atoms with Gasteiger partial charge in [-0.2, -0.15) is 0 Å². The topological polar surface area (TPSA) is 68.3 Å². The predicted molar refractivity (Wildman–Crippen MR) is 91.9 cm³/mol. The van der Waals surface area contributed by atoms with E-state index >= 15 is 0 Å². The number of anilines is 1. The molecule has 0 saturated heterocycles. The number of benzene rings is 1. The van der Waals surface area contributed by atoms with Gasteiger partial charge in [0.25, 0.3) is 10.0 Å². The van der Waals surface area contributed by atoms with Gasteiger partial charge in [0.05, 0.1) is 17.7 Å². The molecule has 0 fully saturated rings. The lowest BCUT2D eigenvalue weighted by molar-refractivity contribution is 0.411. The summed E-state index contributed by atoms with van der Waals surface area (Å²) >= 11 is 1.46. The molecule has 1 heterocycles. The maximum Gasteiger partial charge on any atom is 0.263 e. The van der Waals surface area contributed by atoms with E-state index in [2.05, 4.69) is 9.71 Å². The lowest BCUT2D eigenvalue weighted by Gasteiger charge is -2.08. The van der Waals surface area contributed by atoms with Gasteiger partial charge in [0.15, 0.2) is 5.13 Å². The van der Waals surface area contributed by atoms with Crippen molar-refractivity contribution < 1.29 is 13.2 Å². The summed E-state index contributed by atoms with van der Waals surface area (Å²) in [6, 6.07) is 4.83. The van der Waals surface area contributed by atoms with Crippen molar-refractivity contribution in [3.05, 3.63) is 34.3 Å². The van der Waals surface area contributed by atoms with Gasteiger partial charge in [-0.3, -0.25) is 4.72 Å². The third-order valence-corrected chi connectivity index (χ3v) is 6.53. The molecule has 0 bridgehead atoms. The molecule has 0 amide bonds. The fourth-order valence-corrected chi connectivity index (χ4v) is 5.13. The Morgan fingerprint density at radius 1 is 1.22 bits per heavy atom. The molecule has 1 aliphatic carbocycles. The van der Waals surface area contributed by atoms with Gasteiger partial charge in [0.2, 0.25) is 0 Å². The zero-order valence-electron chi connectivity index (χ0n) is 13.3. The highest BCUT2D eigenvalue weighted by Gasteiger charge is 2.20. The van der Waals surface area contributed by atoms with Crippen LogP contribution in [0.25, 0.3) is 0 Å². The number of methoxy groups -OCH3 is 1. The van der Waals surface area contributed by atoms with Gasteiger partial charge in [-0.1, -0.05) is 6.42 Å². The molecule has 0 atom stereocenters. The normalized spacial score (nSPS) is 14.9. The zero-order chi connectivity index (χ0) is 16.4. The summed E-state index contributed by atoms with van der Waals surface area (Å²) in [4.78, 5) is 5.92. The van der Waals surface area contributed by atoms with Crippen LogP contribution in [-0.2, 0) is 22.9 Å². The molecule has 1 aromatic heterocycles. The summed E-state index contributed by atoms with van der Waals surface area (Å²) in [7, 11) is -2.06. The summed E-state index contributed by atoms with van der Waals surface area (Å²) in [6.07, 6.45) is 5.43. The molecule has 5 nitrogen and oxygen atoms in total. The van der Waals surface area contributed by atoms with E-state index in [0.29, 0.717) is 10.9 Å². The molecule has 7 heteroatoms. The first-order chi connectivity index (χ1) is 11.0. The molecule has 23 heavy (non-hydrogen) atoms. The van der Waals surface area contributed by atoms with E-state index in [4.69, 9.17) is 4.74 Å². The van der Waals surface area contributed by atoms with Crippen LogP contribution in [-0.4, -0.2) is 20.5 Å². The first kappa shape index (κ1) is 16.3. The Labute approximate surface area is 140 Å². The Morgan fingerprint density at radius 3 is 2.74 bits per heavy atom. The number of aryl methyl sites for hydroxylation is 3. The standard InChI is InChI=1S/C16H20N2O3S2/c1-11-10-12(8-9-14(11)21-2)23(19,20)18-16-17-13-6-4-3-5-7-15(13)22-16/h8-10H,3-7H2,1-2H3,(H,17,18). The third-order valence-electron chi connectivity index (χ3n) is 3.99. The van der Waals surface area contributed by atoms with Crippen molar-refractivity contribution in [2.45, 2.75) is 43.9 Å². The van der Waals surface area contributed by atoms with E-state index in [9.17, 15) is 8.42 Å². The second-order valence-electron chi connectivity index (χ2n) is 5.69. The molecule has 2 aromatic rings. The molecule has 3 rings (SSSR count). The number of hydrogen-bond acceptors (Lipinski definition) is 5. The lowest BCUT2D eigenvalue weighted by atomic mass is 10.2. The highest BCUT2D eigenvalue weighted by atomic mass is 32.2. The minimum absolute atomic E-state index is 0.223. The maximum atomic E-state index is 12.5. The van der Waals surface area contributed by atoms with Crippen LogP contribution < -0.4 is 9.46 Å². The third kappa shape index (κ3) is 3.50. The number of nitrogens with one attached hydrogen (secondary N) is 1. The average molecular weight is 352 g/mol. The molecule has 0 aliphatic heterocycles. The Hall–Kier alpha value is -1.60. The molecule has 0 spiro atoms. The van der Waals surface area contributed by atoms with Crippen molar-refractivity contribution in [2.24, 2.45) is 0 Å². The van der Waals surface area contributed by atoms with Crippen LogP contribution in [0.3, 0.4) is 0 Å². The number of ether oxygens (including phenoxy) is 1. The first-order valence-electron chi connectivity index (χ1n) is 7.65. The fraction of sp³-hybridized carbons (Fsp3) is 0.438. The van der Waals surface area contributed by atoms with Crippen molar-refractivity contribution in [1.82, 2.24) is 4.98 Å². The predicted octanol–water partition coefficient (Wildman–Crippen LogP) is 3.53. The smallest absolute Gasteiger partial charge is 0.263 e. The van der Waals surface area contributed by atoms with Crippen molar-refractivity contribution in [3.63, 3.8) is 0 Å². The van der Waals surface area contributed by atoms with E-state index < -0.39 is 10.0 Å². The SMILES string of the molecule is COc1ccc(S(=O)(=O)Nc2nc3c(s2)CCCCC3)cc1C. The summed E-state index contributed by atoms with van der Waals surface area (Å²) < 4.78 is 32.9. The Balaban J connectivity index is 1.85. The largest absolute Gasteiger partial charge is 0.496 e. The highest BCUT2D eigenvalue weighted by molar-refractivity contribution is 7.93. The molecular weight excluding hydrogens is 332 g/mol. The van der Waals surface area contributed by atoms with E-state index in [1.54, 1.807) is 25.3 Å². The Bertz CT molecular complexity index is 789. The van der Waals surface area contributed by atoms with Gasteiger partial charge in [-0.15, -0.1) is 11.3 Å². The molecule has 0 radical (unpaired) electrons. The van der Waals surface area contributed by atoms with Gasteiger partial charge < -0.3 is 4.74 Å². The Kier molecular flexibility index (Phi) is 4.59. The number of nitrogens with zero attached hydrogens (tertiary/aromatic N) is 1. The number of thiazole rings is 1. The molecule has 0 unspecified atom stereocenters. The quantitative estimate of drug-likeness (QED) is 0.855. The van der Waals surface area contributed by atoms with Crippen LogP contribution in [0.5, 0.6) is 5.75 Å². The molecule has 124 valence electrons. The summed E-state index contributed by atoms with van der Waals surface area (Å²) in [5, 5.41) is 0.463. The monoisotopic (exact) mass is 352 g/mol. The van der Waals surface area contributed by atoms with E-state index in [1.807, 2.05) is 6.92 Å². The number of aromatic nitrogens is 1. The van der Waals surface area contributed by atoms with Crippen molar-refractivity contribution in [1.29, 1.82) is 0 Å². The fourth-order valence-electron chi connectivity index (χ4n) is 2.76. The van der Waals surface area contributed by atoms with Crippen molar-refractivity contribution >= 4 is 26.5 Å². The lowest BCUT2D eigenvalue weighted by Crippen LogP contribution is -2.13. The second-order valence-corrected chi connectivity index (χ2v) is 8.45. The molecule has 1 aromatic carbocycles. The van der Waals surface area contributed by atoms with Crippen molar-refractivity contribution in [3.8, 4) is 5.75 Å². The molecule has 1 N–H and O–H groups in total. The number of sulfonamides is 1. The maximum absolute atomic E-state index is 12.5. The van der Waals surface area contributed by atoms with Crippen LogP contribution in [0.15, 0.2) is 23.1 Å². The number of rotatable bonds is 4. The second kappa shape index (κ2) is 6.49. The van der Waals surface area contributed by atoms with Gasteiger partial charge in [-0.25, -0.2) is 13.4 Å². The number of hydrogen-bond donors (Lipinski definition) is 1. The van der Waals surface area contributed by atoms with E-state index in [0.717, 1.165) is 36.9 Å². The molecular formula is C16H20N2O3S2. The van der Waals surface area contributed by atoms with Crippen LogP contribution in [0.4, 0.5) is 5.13 Å². The molecule has 1 aliphatic rings. The summed E-state index contributed by atoms with van der Waals surface area (Å²) in [5.74, 6) is 0.671. The van der Waals surface area contributed by atoms with Gasteiger partial charge in [-0.05, 0) is 56.4 Å². The Morgan fingerprint density at radius 2 is 2.00 bits per heavy atom. The summed E-state index contributed by atoms with van der Waals surface area (Å²) in [6.45, 7) is 1.82. The van der Waals surface area contributed by atoms with Gasteiger partial charge >= 0.3 is 0 Å². The highest BCUT2D eigenvalue weighted by Crippen LogP contribution is 2.30. The van der Waals surface area contributed by atoms with Gasteiger partial charge in [0, 0.05) is 4.88 Å². The van der Waals surface area contributed by atoms with E-state index in [1.165, 1.54) is 22.6 Å².